The van der Waals surface area contributed by atoms with Crippen LogP contribution in [-0.4, -0.2) is 0 Å². The molecule has 0 fully saturated rings. The average Bonchev–Trinajstić information content (AvgIpc) is 1.25. The van der Waals surface area contributed by atoms with E-state index >= 15 is 0 Å². The monoisotopic (exact) mass is 178 g/mol. The second-order valence-corrected chi connectivity index (χ2v) is 1.40. The minimum atomic E-state index is -0.0833. The molecule has 0 saturated carbocycles. The Hall–Kier alpha value is -0.297. The zero-order valence-electron chi connectivity index (χ0n) is 5.94. The van der Waals surface area contributed by atoms with Crippen LogP contribution in [0.4, 0.5) is 0 Å². The van der Waals surface area contributed by atoms with Crippen LogP contribution >= 0.6 is 0 Å². The number of hydrogen-bond acceptors (Lipinski definition) is 2. The predicted octanol–water partition coefficient (Wildman–Crippen LogP) is -0.242. The maximum absolute atomic E-state index is 9.33. The van der Waals surface area contributed by atoms with Crippen molar-refractivity contribution in [3.63, 3.8) is 0 Å². The second kappa shape index (κ2) is 10.6. The Morgan fingerprint density at radius 1 is 1.00 bits per heavy atom. The van der Waals surface area contributed by atoms with Gasteiger partial charge in [-0.2, -0.15) is 0 Å². The van der Waals surface area contributed by atoms with Crippen molar-refractivity contribution in [1.29, 1.82) is 0 Å². The summed E-state index contributed by atoms with van der Waals surface area (Å²) < 4.78 is 0. The maximum Gasteiger partial charge on any atom is 2.00 e. The molecule has 0 aliphatic heterocycles. The van der Waals surface area contributed by atoms with Crippen LogP contribution in [0.2, 0.25) is 0 Å². The Morgan fingerprint density at radius 3 is 1.00 bits per heavy atom. The summed E-state index contributed by atoms with van der Waals surface area (Å²) in [5.41, 5.74) is 0. The smallest absolute Gasteiger partial charge is 0.876 e. The zero-order valence-corrected chi connectivity index (χ0v) is 8.90. The van der Waals surface area contributed by atoms with Crippen molar-refractivity contribution >= 4 is 0 Å². The van der Waals surface area contributed by atoms with Gasteiger partial charge in [-0.05, 0) is 0 Å². The van der Waals surface area contributed by atoms with E-state index in [0.29, 0.717) is 0 Å². The molecule has 0 bridgehead atoms. The first-order valence-electron chi connectivity index (χ1n) is 2.12. The molecule has 3 heteroatoms. The van der Waals surface area contributed by atoms with E-state index in [1.165, 1.54) is 13.8 Å². The molecular formula is C6H10O2Zn. The molecule has 0 spiro atoms. The second-order valence-electron chi connectivity index (χ2n) is 1.40. The molecule has 0 aromatic carbocycles. The SMILES string of the molecule is C=C(C)[O-].C=C(C)[O-].[Zn+2]. The molecule has 0 radical (unpaired) electrons. The summed E-state index contributed by atoms with van der Waals surface area (Å²) in [6.45, 7) is 8.83. The van der Waals surface area contributed by atoms with Crippen LogP contribution in [0.1, 0.15) is 13.8 Å². The number of hydrogen-bond donors (Lipinski definition) is 0. The van der Waals surface area contributed by atoms with Gasteiger partial charge in [-0.1, -0.05) is 13.8 Å². The summed E-state index contributed by atoms with van der Waals surface area (Å²) in [5, 5.41) is 18.7. The van der Waals surface area contributed by atoms with Gasteiger partial charge in [0.25, 0.3) is 0 Å². The van der Waals surface area contributed by atoms with E-state index in [-0.39, 0.29) is 31.0 Å². The molecule has 0 aliphatic rings. The van der Waals surface area contributed by atoms with Crippen LogP contribution in [0.25, 0.3) is 0 Å². The third-order valence-corrected chi connectivity index (χ3v) is 0. The fraction of sp³-hybridized carbons (Fsp3) is 0.333. The van der Waals surface area contributed by atoms with Crippen LogP contribution in [0, 0.1) is 0 Å². The van der Waals surface area contributed by atoms with Crippen molar-refractivity contribution in [2.24, 2.45) is 0 Å². The Kier molecular flexibility index (Phi) is 18.8. The van der Waals surface area contributed by atoms with Crippen LogP contribution < -0.4 is 10.2 Å². The summed E-state index contributed by atoms with van der Waals surface area (Å²) in [6, 6.07) is 0. The van der Waals surface area contributed by atoms with E-state index in [2.05, 4.69) is 13.2 Å². The zero-order chi connectivity index (χ0) is 7.15. The van der Waals surface area contributed by atoms with Crippen LogP contribution in [0.3, 0.4) is 0 Å². The molecule has 2 nitrogen and oxygen atoms in total. The Labute approximate surface area is 68.7 Å². The van der Waals surface area contributed by atoms with Gasteiger partial charge >= 0.3 is 19.5 Å². The predicted molar refractivity (Wildman–Crippen MR) is 29.6 cm³/mol. The molecule has 0 N–H and O–H groups in total. The van der Waals surface area contributed by atoms with Crippen LogP contribution in [0.15, 0.2) is 24.7 Å². The average molecular weight is 180 g/mol. The molecule has 0 unspecified atom stereocenters. The third-order valence-electron chi connectivity index (χ3n) is 0. The summed E-state index contributed by atoms with van der Waals surface area (Å²) in [5.74, 6) is -0.167. The van der Waals surface area contributed by atoms with Gasteiger partial charge in [-0.3, -0.25) is 0 Å². The molecule has 0 aliphatic carbocycles. The first-order valence-corrected chi connectivity index (χ1v) is 2.12. The van der Waals surface area contributed by atoms with Gasteiger partial charge in [0.2, 0.25) is 0 Å². The van der Waals surface area contributed by atoms with Crippen molar-refractivity contribution in [1.82, 2.24) is 0 Å². The molecular weight excluding hydrogens is 169 g/mol. The topological polar surface area (TPSA) is 46.1 Å². The Balaban J connectivity index is -0.0000000720. The first kappa shape index (κ1) is 15.9. The summed E-state index contributed by atoms with van der Waals surface area (Å²) in [6.07, 6.45) is 0. The van der Waals surface area contributed by atoms with Crippen molar-refractivity contribution in [2.45, 2.75) is 13.8 Å². The van der Waals surface area contributed by atoms with E-state index in [9.17, 15) is 10.2 Å². The Morgan fingerprint density at radius 2 is 1.00 bits per heavy atom. The minimum Gasteiger partial charge on any atom is -0.876 e. The fourth-order valence-corrected chi connectivity index (χ4v) is 0. The van der Waals surface area contributed by atoms with Crippen molar-refractivity contribution in [2.75, 3.05) is 0 Å². The molecule has 0 atom stereocenters. The van der Waals surface area contributed by atoms with Crippen molar-refractivity contribution < 1.29 is 29.7 Å². The number of allylic oxidation sites excluding steroid dienone is 2. The van der Waals surface area contributed by atoms with Gasteiger partial charge in [-0.15, -0.1) is 24.7 Å². The molecule has 0 saturated heterocycles. The van der Waals surface area contributed by atoms with E-state index < -0.39 is 0 Å². The first-order chi connectivity index (χ1) is 3.46. The molecule has 0 amide bonds. The fourth-order valence-electron chi connectivity index (χ4n) is 0. The quantitative estimate of drug-likeness (QED) is 0.381. The molecule has 9 heavy (non-hydrogen) atoms. The number of rotatable bonds is 0. The van der Waals surface area contributed by atoms with Crippen molar-refractivity contribution in [3.05, 3.63) is 24.7 Å². The van der Waals surface area contributed by atoms with Gasteiger partial charge in [0.15, 0.2) is 0 Å². The molecule has 0 heterocycles. The summed E-state index contributed by atoms with van der Waals surface area (Å²) >= 11 is 0. The van der Waals surface area contributed by atoms with E-state index in [1.807, 2.05) is 0 Å². The van der Waals surface area contributed by atoms with Crippen molar-refractivity contribution in [3.8, 4) is 0 Å². The van der Waals surface area contributed by atoms with Gasteiger partial charge < -0.3 is 10.2 Å². The normalized spacial score (nSPS) is 5.56. The van der Waals surface area contributed by atoms with E-state index in [1.54, 1.807) is 0 Å². The molecule has 48 valence electrons. The van der Waals surface area contributed by atoms with Gasteiger partial charge in [0.05, 0.1) is 0 Å². The molecule has 0 rings (SSSR count). The summed E-state index contributed by atoms with van der Waals surface area (Å²) in [4.78, 5) is 0. The van der Waals surface area contributed by atoms with Gasteiger partial charge in [0, 0.05) is 0 Å². The standard InChI is InChI=1S/2C3H6O.Zn/c2*1-3(2)4;/h2*4H,1H2,2H3;/q;;+2/p-2. The van der Waals surface area contributed by atoms with Crippen LogP contribution in [0.5, 0.6) is 0 Å². The van der Waals surface area contributed by atoms with E-state index in [4.69, 9.17) is 0 Å². The largest absolute Gasteiger partial charge is 2.00 e. The van der Waals surface area contributed by atoms with Gasteiger partial charge in [-0.25, -0.2) is 0 Å². The molecule has 0 aromatic heterocycles. The minimum absolute atomic E-state index is 0. The summed E-state index contributed by atoms with van der Waals surface area (Å²) in [7, 11) is 0. The Bertz CT molecular complexity index is 69.1. The molecule has 0 aromatic rings. The maximum atomic E-state index is 9.33. The van der Waals surface area contributed by atoms with Gasteiger partial charge in [0.1, 0.15) is 0 Å². The van der Waals surface area contributed by atoms with Crippen LogP contribution in [-0.2, 0) is 19.5 Å². The van der Waals surface area contributed by atoms with E-state index in [0.717, 1.165) is 0 Å². The third kappa shape index (κ3) is 2850.